The van der Waals surface area contributed by atoms with Crippen LogP contribution < -0.4 is 0 Å². The van der Waals surface area contributed by atoms with Crippen LogP contribution in [-0.4, -0.2) is 44.6 Å². The molecule has 30 heavy (non-hydrogen) atoms. The van der Waals surface area contributed by atoms with E-state index in [0.29, 0.717) is 11.6 Å². The summed E-state index contributed by atoms with van der Waals surface area (Å²) in [7, 11) is 0. The van der Waals surface area contributed by atoms with Gasteiger partial charge >= 0.3 is 0 Å². The lowest BCUT2D eigenvalue weighted by Crippen LogP contribution is -2.43. The second kappa shape index (κ2) is 8.94. The van der Waals surface area contributed by atoms with Crippen molar-refractivity contribution in [3.63, 3.8) is 0 Å². The molecule has 3 rings (SSSR count). The standard InChI is InChI=1S/C24H33ClN4O/c1-7-13-27-14-12-21-18(15-27)20(16-28(17(2)3)23(30)24(4,5)6)26-29(21)22-11-9-8-10-19(22)25/h7-11,17H,1,12-16H2,2-6H3. The fourth-order valence-corrected chi connectivity index (χ4v) is 4.13. The Hall–Kier alpha value is -2.11. The van der Waals surface area contributed by atoms with Crippen LogP contribution in [0.1, 0.15) is 51.6 Å². The molecule has 0 bridgehead atoms. The molecule has 0 atom stereocenters. The predicted molar refractivity (Wildman–Crippen MR) is 123 cm³/mol. The molecule has 0 radical (unpaired) electrons. The van der Waals surface area contributed by atoms with Gasteiger partial charge in [0.05, 0.1) is 28.6 Å². The average Bonchev–Trinajstić information content (AvgIpc) is 3.03. The topological polar surface area (TPSA) is 41.4 Å². The highest BCUT2D eigenvalue weighted by Gasteiger charge is 2.32. The highest BCUT2D eigenvalue weighted by molar-refractivity contribution is 6.32. The summed E-state index contributed by atoms with van der Waals surface area (Å²) in [6.07, 6.45) is 2.82. The minimum Gasteiger partial charge on any atom is -0.334 e. The van der Waals surface area contributed by atoms with Crippen molar-refractivity contribution in [1.82, 2.24) is 19.6 Å². The minimum absolute atomic E-state index is 0.0886. The van der Waals surface area contributed by atoms with Crippen molar-refractivity contribution in [2.24, 2.45) is 5.41 Å². The molecule has 0 saturated heterocycles. The van der Waals surface area contributed by atoms with Gasteiger partial charge in [-0.15, -0.1) is 6.58 Å². The first-order valence-electron chi connectivity index (χ1n) is 10.6. The van der Waals surface area contributed by atoms with E-state index in [1.54, 1.807) is 0 Å². The second-order valence-corrected chi connectivity index (χ2v) is 9.69. The Bertz CT molecular complexity index is 926. The Morgan fingerprint density at radius 2 is 2.03 bits per heavy atom. The average molecular weight is 429 g/mol. The van der Waals surface area contributed by atoms with E-state index in [9.17, 15) is 4.79 Å². The Morgan fingerprint density at radius 3 is 2.63 bits per heavy atom. The van der Waals surface area contributed by atoms with Gasteiger partial charge in [-0.05, 0) is 26.0 Å². The number of hydrogen-bond acceptors (Lipinski definition) is 3. The lowest BCUT2D eigenvalue weighted by Gasteiger charge is -2.33. The third-order valence-corrected chi connectivity index (χ3v) is 5.85. The summed E-state index contributed by atoms with van der Waals surface area (Å²) >= 11 is 6.51. The highest BCUT2D eigenvalue weighted by Crippen LogP contribution is 2.30. The molecule has 1 aromatic carbocycles. The van der Waals surface area contributed by atoms with E-state index >= 15 is 0 Å². The smallest absolute Gasteiger partial charge is 0.228 e. The number of amides is 1. The number of para-hydroxylation sites is 1. The molecule has 1 aliphatic rings. The second-order valence-electron chi connectivity index (χ2n) is 9.29. The van der Waals surface area contributed by atoms with E-state index in [1.165, 1.54) is 11.3 Å². The van der Waals surface area contributed by atoms with Gasteiger partial charge < -0.3 is 4.90 Å². The molecule has 0 saturated carbocycles. The van der Waals surface area contributed by atoms with Crippen LogP contribution in [0, 0.1) is 5.41 Å². The quantitative estimate of drug-likeness (QED) is 0.617. The maximum atomic E-state index is 13.1. The summed E-state index contributed by atoms with van der Waals surface area (Å²) in [6.45, 7) is 17.0. The van der Waals surface area contributed by atoms with Crippen LogP contribution in [-0.2, 0) is 24.3 Å². The predicted octanol–water partition coefficient (Wildman–Crippen LogP) is 4.85. The third-order valence-electron chi connectivity index (χ3n) is 5.53. The van der Waals surface area contributed by atoms with Gasteiger partial charge in [-0.25, -0.2) is 4.68 Å². The van der Waals surface area contributed by atoms with Crippen LogP contribution in [0.3, 0.4) is 0 Å². The number of carbonyl (C=O) groups is 1. The fourth-order valence-electron chi connectivity index (χ4n) is 3.91. The van der Waals surface area contributed by atoms with E-state index in [0.717, 1.165) is 37.4 Å². The van der Waals surface area contributed by atoms with Gasteiger partial charge in [0.2, 0.25) is 5.91 Å². The summed E-state index contributed by atoms with van der Waals surface area (Å²) in [6, 6.07) is 7.88. The zero-order valence-electron chi connectivity index (χ0n) is 18.8. The number of fused-ring (bicyclic) bond motifs is 1. The lowest BCUT2D eigenvalue weighted by atomic mass is 9.93. The number of halogens is 1. The fraction of sp³-hybridized carbons (Fsp3) is 0.500. The molecule has 1 aromatic heterocycles. The van der Waals surface area contributed by atoms with Crippen molar-refractivity contribution in [3.05, 3.63) is 58.9 Å². The van der Waals surface area contributed by atoms with Gasteiger partial charge in [-0.2, -0.15) is 5.10 Å². The molecule has 0 fully saturated rings. The number of aromatic nitrogens is 2. The number of nitrogens with zero attached hydrogens (tertiary/aromatic N) is 4. The van der Waals surface area contributed by atoms with Crippen LogP contribution in [0.25, 0.3) is 5.69 Å². The van der Waals surface area contributed by atoms with Gasteiger partial charge in [-0.1, -0.05) is 50.6 Å². The van der Waals surface area contributed by atoms with Gasteiger partial charge in [-0.3, -0.25) is 9.69 Å². The number of rotatable bonds is 6. The van der Waals surface area contributed by atoms with Crippen molar-refractivity contribution < 1.29 is 4.79 Å². The third kappa shape index (κ3) is 4.62. The van der Waals surface area contributed by atoms with Crippen molar-refractivity contribution in [2.75, 3.05) is 13.1 Å². The Kier molecular flexibility index (Phi) is 6.73. The molecule has 2 heterocycles. The van der Waals surface area contributed by atoms with Crippen LogP contribution >= 0.6 is 11.6 Å². The molecular formula is C24H33ClN4O. The monoisotopic (exact) mass is 428 g/mol. The molecule has 2 aromatic rings. The maximum Gasteiger partial charge on any atom is 0.228 e. The van der Waals surface area contributed by atoms with Crippen molar-refractivity contribution in [1.29, 1.82) is 0 Å². The van der Waals surface area contributed by atoms with Crippen molar-refractivity contribution >= 4 is 17.5 Å². The number of benzene rings is 1. The van der Waals surface area contributed by atoms with Gasteiger partial charge in [0.1, 0.15) is 0 Å². The molecule has 162 valence electrons. The van der Waals surface area contributed by atoms with E-state index in [-0.39, 0.29) is 11.9 Å². The molecule has 6 heteroatoms. The largest absolute Gasteiger partial charge is 0.334 e. The van der Waals surface area contributed by atoms with E-state index in [4.69, 9.17) is 16.7 Å². The highest BCUT2D eigenvalue weighted by atomic mass is 35.5. The van der Waals surface area contributed by atoms with Crippen molar-refractivity contribution in [3.8, 4) is 5.69 Å². The van der Waals surface area contributed by atoms with E-state index in [1.807, 2.05) is 60.7 Å². The Balaban J connectivity index is 2.06. The zero-order chi connectivity index (χ0) is 22.1. The summed E-state index contributed by atoms with van der Waals surface area (Å²) in [4.78, 5) is 17.4. The van der Waals surface area contributed by atoms with Crippen LogP contribution in [0.2, 0.25) is 5.02 Å². The first-order valence-corrected chi connectivity index (χ1v) is 11.0. The van der Waals surface area contributed by atoms with Crippen LogP contribution in [0.15, 0.2) is 36.9 Å². The molecule has 0 unspecified atom stereocenters. The van der Waals surface area contributed by atoms with Gasteiger partial charge in [0, 0.05) is 43.1 Å². The molecular weight excluding hydrogens is 396 g/mol. The number of hydrogen-bond donors (Lipinski definition) is 0. The number of carbonyl (C=O) groups excluding carboxylic acids is 1. The first-order chi connectivity index (χ1) is 14.1. The molecule has 0 aliphatic carbocycles. The molecule has 1 amide bonds. The van der Waals surface area contributed by atoms with Gasteiger partial charge in [0.15, 0.2) is 0 Å². The Labute approximate surface area is 185 Å². The Morgan fingerprint density at radius 1 is 1.33 bits per heavy atom. The summed E-state index contributed by atoms with van der Waals surface area (Å²) in [5, 5.41) is 5.67. The zero-order valence-corrected chi connectivity index (χ0v) is 19.5. The molecule has 0 N–H and O–H groups in total. The van der Waals surface area contributed by atoms with Gasteiger partial charge in [0.25, 0.3) is 0 Å². The van der Waals surface area contributed by atoms with Crippen molar-refractivity contribution in [2.45, 2.75) is 60.2 Å². The van der Waals surface area contributed by atoms with Crippen LogP contribution in [0.4, 0.5) is 0 Å². The minimum atomic E-state index is -0.440. The maximum absolute atomic E-state index is 13.1. The first kappa shape index (κ1) is 22.6. The molecule has 0 spiro atoms. The van der Waals surface area contributed by atoms with E-state index < -0.39 is 5.41 Å². The molecule has 5 nitrogen and oxygen atoms in total. The normalized spacial score (nSPS) is 14.6. The summed E-state index contributed by atoms with van der Waals surface area (Å²) in [5.74, 6) is 0.136. The van der Waals surface area contributed by atoms with E-state index in [2.05, 4.69) is 25.3 Å². The lowest BCUT2D eigenvalue weighted by molar-refractivity contribution is -0.142. The van der Waals surface area contributed by atoms with Crippen LogP contribution in [0.5, 0.6) is 0 Å². The summed E-state index contributed by atoms with van der Waals surface area (Å²) < 4.78 is 1.98. The SMILES string of the molecule is C=CCN1CCc2c(c(CN(C(=O)C(C)(C)C)C(C)C)nn2-c2ccccc2Cl)C1. The summed E-state index contributed by atoms with van der Waals surface area (Å²) in [5.41, 5.74) is 3.78. The molecule has 1 aliphatic heterocycles.